The first kappa shape index (κ1) is 16.2. The summed E-state index contributed by atoms with van der Waals surface area (Å²) >= 11 is 0. The van der Waals surface area contributed by atoms with Crippen molar-refractivity contribution in [3.8, 4) is 0 Å². The predicted octanol–water partition coefficient (Wildman–Crippen LogP) is 2.31. The van der Waals surface area contributed by atoms with Gasteiger partial charge in [0.25, 0.3) is 5.56 Å². The van der Waals surface area contributed by atoms with E-state index in [1.807, 2.05) is 4.57 Å². The fourth-order valence-electron chi connectivity index (χ4n) is 3.07. The van der Waals surface area contributed by atoms with E-state index < -0.39 is 0 Å². The van der Waals surface area contributed by atoms with E-state index in [-0.39, 0.29) is 11.6 Å². The summed E-state index contributed by atoms with van der Waals surface area (Å²) in [5.74, 6) is 0. The SMILES string of the molecule is CCCCNCc1cc2c(n(C(C)C)c1=O)CCN(C)C2. The van der Waals surface area contributed by atoms with Crippen LogP contribution in [-0.2, 0) is 19.5 Å². The zero-order valence-corrected chi connectivity index (χ0v) is 13.9. The van der Waals surface area contributed by atoms with Crippen LogP contribution >= 0.6 is 0 Å². The fourth-order valence-corrected chi connectivity index (χ4v) is 3.07. The van der Waals surface area contributed by atoms with Gasteiger partial charge in [0.2, 0.25) is 0 Å². The van der Waals surface area contributed by atoms with Gasteiger partial charge in [0.15, 0.2) is 0 Å². The van der Waals surface area contributed by atoms with Crippen LogP contribution in [0.1, 0.15) is 56.5 Å². The molecule has 0 atom stereocenters. The standard InChI is InChI=1S/C17H29N3O/c1-5-6-8-18-11-14-10-15-12-19(4)9-7-16(15)20(13(2)3)17(14)21/h10,13,18H,5-9,11-12H2,1-4H3. The van der Waals surface area contributed by atoms with Gasteiger partial charge in [0.05, 0.1) is 0 Å². The molecule has 0 amide bonds. The van der Waals surface area contributed by atoms with Crippen molar-refractivity contribution in [2.24, 2.45) is 0 Å². The summed E-state index contributed by atoms with van der Waals surface area (Å²) in [5, 5.41) is 3.40. The fraction of sp³-hybridized carbons (Fsp3) is 0.706. The Morgan fingerprint density at radius 1 is 1.38 bits per heavy atom. The highest BCUT2D eigenvalue weighted by molar-refractivity contribution is 5.29. The number of unbranched alkanes of at least 4 members (excludes halogenated alkanes) is 1. The minimum Gasteiger partial charge on any atom is -0.312 e. The van der Waals surface area contributed by atoms with E-state index >= 15 is 0 Å². The van der Waals surface area contributed by atoms with Crippen molar-refractivity contribution in [3.05, 3.63) is 33.2 Å². The first-order chi connectivity index (χ1) is 10.0. The van der Waals surface area contributed by atoms with Gasteiger partial charge in [-0.3, -0.25) is 4.79 Å². The third-order valence-electron chi connectivity index (χ3n) is 4.21. The molecule has 0 aromatic carbocycles. The van der Waals surface area contributed by atoms with Crippen molar-refractivity contribution >= 4 is 0 Å². The second-order valence-electron chi connectivity index (χ2n) is 6.43. The van der Waals surface area contributed by atoms with Gasteiger partial charge in [0, 0.05) is 43.4 Å². The Bertz CT molecular complexity index is 534. The maximum absolute atomic E-state index is 12.7. The van der Waals surface area contributed by atoms with Gasteiger partial charge in [-0.25, -0.2) is 0 Å². The van der Waals surface area contributed by atoms with Crippen LogP contribution in [0, 0.1) is 0 Å². The number of rotatable bonds is 6. The van der Waals surface area contributed by atoms with Crippen molar-refractivity contribution < 1.29 is 0 Å². The molecular weight excluding hydrogens is 262 g/mol. The summed E-state index contributed by atoms with van der Waals surface area (Å²) in [4.78, 5) is 15.1. The van der Waals surface area contributed by atoms with Crippen LogP contribution in [-0.4, -0.2) is 29.6 Å². The molecule has 1 aromatic heterocycles. The van der Waals surface area contributed by atoms with Crippen molar-refractivity contribution in [1.29, 1.82) is 0 Å². The van der Waals surface area contributed by atoms with Crippen molar-refractivity contribution in [2.45, 2.75) is 59.2 Å². The summed E-state index contributed by atoms with van der Waals surface area (Å²) < 4.78 is 2.01. The lowest BCUT2D eigenvalue weighted by atomic mass is 10.0. The summed E-state index contributed by atoms with van der Waals surface area (Å²) in [6.07, 6.45) is 3.31. The van der Waals surface area contributed by atoms with Crippen LogP contribution in [0.15, 0.2) is 10.9 Å². The Morgan fingerprint density at radius 3 is 2.81 bits per heavy atom. The van der Waals surface area contributed by atoms with Gasteiger partial charge in [-0.15, -0.1) is 0 Å². The quantitative estimate of drug-likeness (QED) is 0.817. The smallest absolute Gasteiger partial charge is 0.255 e. The first-order valence-electron chi connectivity index (χ1n) is 8.20. The number of fused-ring (bicyclic) bond motifs is 1. The topological polar surface area (TPSA) is 37.3 Å². The first-order valence-corrected chi connectivity index (χ1v) is 8.20. The largest absolute Gasteiger partial charge is 0.312 e. The summed E-state index contributed by atoms with van der Waals surface area (Å²) in [7, 11) is 2.15. The molecule has 0 bridgehead atoms. The Hall–Kier alpha value is -1.13. The van der Waals surface area contributed by atoms with E-state index in [0.717, 1.165) is 38.0 Å². The summed E-state index contributed by atoms with van der Waals surface area (Å²) in [5.41, 5.74) is 3.67. The van der Waals surface area contributed by atoms with Crippen LogP contribution in [0.2, 0.25) is 0 Å². The van der Waals surface area contributed by atoms with Crippen LogP contribution in [0.25, 0.3) is 0 Å². The molecule has 0 saturated heterocycles. The number of aromatic nitrogens is 1. The molecule has 1 N–H and O–H groups in total. The maximum atomic E-state index is 12.7. The minimum atomic E-state index is 0.192. The van der Waals surface area contributed by atoms with E-state index in [0.29, 0.717) is 6.54 Å². The van der Waals surface area contributed by atoms with Gasteiger partial charge in [0.1, 0.15) is 0 Å². The number of pyridine rings is 1. The van der Waals surface area contributed by atoms with Crippen molar-refractivity contribution in [3.63, 3.8) is 0 Å². The van der Waals surface area contributed by atoms with Gasteiger partial charge < -0.3 is 14.8 Å². The lowest BCUT2D eigenvalue weighted by Gasteiger charge is -2.29. The lowest BCUT2D eigenvalue weighted by Crippen LogP contribution is -2.37. The lowest BCUT2D eigenvalue weighted by molar-refractivity contribution is 0.301. The van der Waals surface area contributed by atoms with E-state index in [9.17, 15) is 4.79 Å². The molecule has 0 unspecified atom stereocenters. The molecule has 0 fully saturated rings. The normalized spacial score (nSPS) is 15.5. The molecule has 0 saturated carbocycles. The highest BCUT2D eigenvalue weighted by Crippen LogP contribution is 2.20. The van der Waals surface area contributed by atoms with Gasteiger partial charge in [-0.05, 0) is 45.5 Å². The highest BCUT2D eigenvalue weighted by atomic mass is 16.1. The Labute approximate surface area is 128 Å². The number of hydrogen-bond donors (Lipinski definition) is 1. The van der Waals surface area contributed by atoms with Crippen molar-refractivity contribution in [2.75, 3.05) is 20.1 Å². The predicted molar refractivity (Wildman–Crippen MR) is 87.7 cm³/mol. The number of nitrogens with zero attached hydrogens (tertiary/aromatic N) is 2. The third-order valence-corrected chi connectivity index (χ3v) is 4.21. The van der Waals surface area contributed by atoms with Gasteiger partial charge in [-0.1, -0.05) is 13.3 Å². The van der Waals surface area contributed by atoms with E-state index in [4.69, 9.17) is 0 Å². The van der Waals surface area contributed by atoms with E-state index in [2.05, 4.69) is 44.1 Å². The minimum absolute atomic E-state index is 0.192. The molecule has 1 aliphatic heterocycles. The zero-order chi connectivity index (χ0) is 15.4. The molecule has 0 radical (unpaired) electrons. The molecule has 1 aliphatic rings. The molecule has 0 aliphatic carbocycles. The Kier molecular flexibility index (Phi) is 5.59. The van der Waals surface area contributed by atoms with Crippen LogP contribution in [0.5, 0.6) is 0 Å². The monoisotopic (exact) mass is 291 g/mol. The highest BCUT2D eigenvalue weighted by Gasteiger charge is 2.21. The Balaban J connectivity index is 2.31. The van der Waals surface area contributed by atoms with Gasteiger partial charge in [-0.2, -0.15) is 0 Å². The van der Waals surface area contributed by atoms with Crippen LogP contribution in [0.4, 0.5) is 0 Å². The molecular formula is C17H29N3O. The molecule has 21 heavy (non-hydrogen) atoms. The van der Waals surface area contributed by atoms with E-state index in [1.165, 1.54) is 17.7 Å². The zero-order valence-electron chi connectivity index (χ0n) is 13.9. The molecule has 1 aromatic rings. The average molecular weight is 291 g/mol. The number of hydrogen-bond acceptors (Lipinski definition) is 3. The second kappa shape index (κ2) is 7.23. The molecule has 2 heterocycles. The maximum Gasteiger partial charge on any atom is 0.255 e. The van der Waals surface area contributed by atoms with Gasteiger partial charge >= 0.3 is 0 Å². The van der Waals surface area contributed by atoms with Crippen LogP contribution in [0.3, 0.4) is 0 Å². The third kappa shape index (κ3) is 3.74. The van der Waals surface area contributed by atoms with Crippen LogP contribution < -0.4 is 10.9 Å². The number of nitrogens with one attached hydrogen (secondary N) is 1. The molecule has 4 heteroatoms. The number of likely N-dealkylation sites (N-methyl/N-ethyl adjacent to an activating group) is 1. The average Bonchev–Trinajstić information content (AvgIpc) is 2.43. The summed E-state index contributed by atoms with van der Waals surface area (Å²) in [6, 6.07) is 2.36. The second-order valence-corrected chi connectivity index (χ2v) is 6.43. The van der Waals surface area contributed by atoms with Crippen molar-refractivity contribution in [1.82, 2.24) is 14.8 Å². The molecule has 4 nitrogen and oxygen atoms in total. The molecule has 2 rings (SSSR count). The summed E-state index contributed by atoms with van der Waals surface area (Å²) in [6.45, 7) is 10.0. The Morgan fingerprint density at radius 2 is 2.14 bits per heavy atom. The molecule has 0 spiro atoms. The van der Waals surface area contributed by atoms with E-state index in [1.54, 1.807) is 0 Å². The molecule has 118 valence electrons.